The molecule has 1 saturated heterocycles. The van der Waals surface area contributed by atoms with Crippen LogP contribution in [0.4, 0.5) is 0 Å². The normalized spacial score (nSPS) is 32.6. The largest absolute Gasteiger partial charge is 0.508 e. The Kier molecular flexibility index (Phi) is 5.29. The average molecular weight is 357 g/mol. The molecule has 2 saturated carbocycles. The van der Waals surface area contributed by atoms with Crippen molar-refractivity contribution in [2.75, 3.05) is 26.2 Å². The van der Waals surface area contributed by atoms with Crippen LogP contribution < -0.4 is 5.32 Å². The molecular weight excluding hydrogens is 320 g/mol. The van der Waals surface area contributed by atoms with Gasteiger partial charge in [0.25, 0.3) is 0 Å². The van der Waals surface area contributed by atoms with Crippen molar-refractivity contribution < 1.29 is 5.11 Å². The van der Waals surface area contributed by atoms with Gasteiger partial charge in [0, 0.05) is 24.5 Å². The number of phenols is 1. The molecule has 0 aromatic heterocycles. The summed E-state index contributed by atoms with van der Waals surface area (Å²) in [6.45, 7) is 9.49. The molecule has 3 aliphatic rings. The summed E-state index contributed by atoms with van der Waals surface area (Å²) in [5, 5.41) is 14.0. The van der Waals surface area contributed by atoms with E-state index in [1.807, 2.05) is 18.2 Å². The highest BCUT2D eigenvalue weighted by Crippen LogP contribution is 2.50. The molecular formula is C23H36N2O. The molecule has 26 heavy (non-hydrogen) atoms. The van der Waals surface area contributed by atoms with E-state index in [4.69, 9.17) is 0 Å². The number of likely N-dealkylation sites (tertiary alicyclic amines) is 1. The van der Waals surface area contributed by atoms with Crippen molar-refractivity contribution in [1.82, 2.24) is 10.2 Å². The van der Waals surface area contributed by atoms with Crippen LogP contribution >= 0.6 is 0 Å². The number of nitrogens with zero attached hydrogens (tertiary/aromatic N) is 1. The quantitative estimate of drug-likeness (QED) is 0.803. The molecule has 2 N–H and O–H groups in total. The van der Waals surface area contributed by atoms with Crippen molar-refractivity contribution in [3.63, 3.8) is 0 Å². The van der Waals surface area contributed by atoms with Gasteiger partial charge in [0.05, 0.1) is 0 Å². The van der Waals surface area contributed by atoms with Crippen LogP contribution in [0.15, 0.2) is 24.3 Å². The minimum atomic E-state index is 0.242. The topological polar surface area (TPSA) is 35.5 Å². The lowest BCUT2D eigenvalue weighted by Crippen LogP contribution is -2.56. The molecule has 4 rings (SSSR count). The van der Waals surface area contributed by atoms with E-state index in [0.29, 0.717) is 17.7 Å². The number of aromatic hydroxyl groups is 1. The first-order valence-electron chi connectivity index (χ1n) is 10.8. The molecule has 1 heterocycles. The zero-order valence-electron chi connectivity index (χ0n) is 16.6. The summed E-state index contributed by atoms with van der Waals surface area (Å²) in [7, 11) is 0. The Labute approximate surface area is 159 Å². The predicted octanol–water partition coefficient (Wildman–Crippen LogP) is 4.16. The third kappa shape index (κ3) is 3.94. The van der Waals surface area contributed by atoms with Crippen molar-refractivity contribution in [2.24, 2.45) is 17.8 Å². The number of nitrogens with one attached hydrogen (secondary N) is 1. The van der Waals surface area contributed by atoms with E-state index < -0.39 is 0 Å². The highest BCUT2D eigenvalue weighted by Gasteiger charge is 2.48. The van der Waals surface area contributed by atoms with Gasteiger partial charge in [0.15, 0.2) is 0 Å². The first-order chi connectivity index (χ1) is 12.5. The summed E-state index contributed by atoms with van der Waals surface area (Å²) >= 11 is 0. The summed E-state index contributed by atoms with van der Waals surface area (Å²) in [6.07, 6.45) is 7.97. The fraction of sp³-hybridized carbons (Fsp3) is 0.739. The zero-order valence-corrected chi connectivity index (χ0v) is 16.6. The molecule has 0 amide bonds. The maximum Gasteiger partial charge on any atom is 0.115 e. The summed E-state index contributed by atoms with van der Waals surface area (Å²) < 4.78 is 0. The van der Waals surface area contributed by atoms with Gasteiger partial charge in [-0.05, 0) is 87.1 Å². The standard InChI is InChI=1S/C23H36N2O/c1-17(2)14-24-21-9-8-20-16-25(15-18-6-7-18)11-10-23(20,13-21)19-4-3-5-22(26)12-19/h3-5,12,17-18,20-21,24,26H,6-11,13-16H2,1-2H3/t20-,21-,23+/m0/s1. The molecule has 3 fully saturated rings. The van der Waals surface area contributed by atoms with Gasteiger partial charge < -0.3 is 15.3 Å². The van der Waals surface area contributed by atoms with Gasteiger partial charge in [-0.2, -0.15) is 0 Å². The molecule has 144 valence electrons. The Morgan fingerprint density at radius 3 is 2.81 bits per heavy atom. The number of hydrogen-bond acceptors (Lipinski definition) is 3. The second kappa shape index (κ2) is 7.52. The number of phenolic OH excluding ortho intramolecular Hbond substituents is 1. The monoisotopic (exact) mass is 356 g/mol. The van der Waals surface area contributed by atoms with Crippen molar-refractivity contribution >= 4 is 0 Å². The second-order valence-corrected chi connectivity index (χ2v) is 9.64. The van der Waals surface area contributed by atoms with Crippen LogP contribution in [0.2, 0.25) is 0 Å². The van der Waals surface area contributed by atoms with E-state index in [0.717, 1.165) is 18.4 Å². The van der Waals surface area contributed by atoms with Crippen molar-refractivity contribution in [3.8, 4) is 5.75 Å². The van der Waals surface area contributed by atoms with Gasteiger partial charge in [-0.15, -0.1) is 0 Å². The van der Waals surface area contributed by atoms with Gasteiger partial charge in [0.1, 0.15) is 5.75 Å². The van der Waals surface area contributed by atoms with Gasteiger partial charge in [-0.3, -0.25) is 0 Å². The molecule has 0 spiro atoms. The van der Waals surface area contributed by atoms with Gasteiger partial charge >= 0.3 is 0 Å². The number of fused-ring (bicyclic) bond motifs is 1. The van der Waals surface area contributed by atoms with Crippen LogP contribution in [0.3, 0.4) is 0 Å². The van der Waals surface area contributed by atoms with E-state index in [1.54, 1.807) is 0 Å². The highest BCUT2D eigenvalue weighted by atomic mass is 16.3. The van der Waals surface area contributed by atoms with Gasteiger partial charge in [-0.1, -0.05) is 26.0 Å². The SMILES string of the molecule is CC(C)CN[C@H]1CC[C@H]2CN(CC3CC3)CC[C@]2(c2cccc(O)c2)C1. The third-order valence-corrected chi connectivity index (χ3v) is 7.06. The van der Waals surface area contributed by atoms with Crippen LogP contribution in [0.1, 0.15) is 57.9 Å². The second-order valence-electron chi connectivity index (χ2n) is 9.64. The smallest absolute Gasteiger partial charge is 0.115 e. The fourth-order valence-electron chi connectivity index (χ4n) is 5.44. The maximum absolute atomic E-state index is 10.1. The van der Waals surface area contributed by atoms with Crippen LogP contribution in [0, 0.1) is 17.8 Å². The summed E-state index contributed by atoms with van der Waals surface area (Å²) in [6, 6.07) is 8.79. The number of rotatable bonds is 6. The highest BCUT2D eigenvalue weighted by molar-refractivity contribution is 5.35. The van der Waals surface area contributed by atoms with E-state index in [2.05, 4.69) is 30.1 Å². The first-order valence-corrected chi connectivity index (χ1v) is 10.8. The molecule has 0 bridgehead atoms. The van der Waals surface area contributed by atoms with E-state index in [9.17, 15) is 5.11 Å². The number of hydrogen-bond donors (Lipinski definition) is 2. The summed E-state index contributed by atoms with van der Waals surface area (Å²) in [5.41, 5.74) is 1.62. The van der Waals surface area contributed by atoms with E-state index in [-0.39, 0.29) is 5.41 Å². The van der Waals surface area contributed by atoms with Crippen molar-refractivity contribution in [1.29, 1.82) is 0 Å². The Bertz CT molecular complexity index is 612. The maximum atomic E-state index is 10.1. The molecule has 3 heteroatoms. The molecule has 2 aliphatic carbocycles. The molecule has 3 nitrogen and oxygen atoms in total. The van der Waals surface area contributed by atoms with Gasteiger partial charge in [0.2, 0.25) is 0 Å². The Morgan fingerprint density at radius 1 is 1.23 bits per heavy atom. The first kappa shape index (κ1) is 18.3. The van der Waals surface area contributed by atoms with Crippen molar-refractivity contribution in [3.05, 3.63) is 29.8 Å². The van der Waals surface area contributed by atoms with Crippen LogP contribution in [-0.4, -0.2) is 42.2 Å². The third-order valence-electron chi connectivity index (χ3n) is 7.06. The minimum Gasteiger partial charge on any atom is -0.508 e. The van der Waals surface area contributed by atoms with Gasteiger partial charge in [-0.25, -0.2) is 0 Å². The molecule has 0 radical (unpaired) electrons. The summed E-state index contributed by atoms with van der Waals surface area (Å²) in [4.78, 5) is 2.74. The minimum absolute atomic E-state index is 0.242. The van der Waals surface area contributed by atoms with Crippen molar-refractivity contribution in [2.45, 2.75) is 63.8 Å². The lowest BCUT2D eigenvalue weighted by Gasteiger charge is -2.53. The molecule has 0 unspecified atom stereocenters. The number of benzene rings is 1. The molecule has 3 atom stereocenters. The summed E-state index contributed by atoms with van der Waals surface area (Å²) in [5.74, 6) is 2.83. The average Bonchev–Trinajstić information content (AvgIpc) is 3.44. The Hall–Kier alpha value is -1.06. The van der Waals surface area contributed by atoms with Crippen LogP contribution in [-0.2, 0) is 5.41 Å². The Balaban J connectivity index is 1.55. The van der Waals surface area contributed by atoms with Crippen LogP contribution in [0.25, 0.3) is 0 Å². The Morgan fingerprint density at radius 2 is 2.08 bits per heavy atom. The molecule has 1 aromatic rings. The van der Waals surface area contributed by atoms with E-state index >= 15 is 0 Å². The number of piperidine rings is 1. The molecule has 1 aromatic carbocycles. The molecule has 1 aliphatic heterocycles. The van der Waals surface area contributed by atoms with E-state index in [1.165, 1.54) is 63.7 Å². The lowest BCUT2D eigenvalue weighted by molar-refractivity contribution is 0.0410. The fourth-order valence-corrected chi connectivity index (χ4v) is 5.44. The predicted molar refractivity (Wildman–Crippen MR) is 108 cm³/mol. The lowest BCUT2D eigenvalue weighted by atomic mass is 9.58. The zero-order chi connectivity index (χ0) is 18.1. The van der Waals surface area contributed by atoms with Crippen LogP contribution in [0.5, 0.6) is 5.75 Å².